The molecule has 8 heteroatoms. The van der Waals surface area contributed by atoms with Crippen LogP contribution >= 0.6 is 0 Å². The highest BCUT2D eigenvalue weighted by Crippen LogP contribution is 2.25. The molecule has 0 radical (unpaired) electrons. The van der Waals surface area contributed by atoms with Gasteiger partial charge < -0.3 is 0 Å². The van der Waals surface area contributed by atoms with Crippen molar-refractivity contribution in [3.05, 3.63) is 59.4 Å². The quantitative estimate of drug-likeness (QED) is 0.915. The van der Waals surface area contributed by atoms with Crippen molar-refractivity contribution in [1.29, 1.82) is 0 Å². The van der Waals surface area contributed by atoms with Gasteiger partial charge in [0, 0.05) is 24.9 Å². The minimum absolute atomic E-state index is 0.156. The Balaban J connectivity index is 1.89. The minimum Gasteiger partial charge on any atom is -0.296 e. The summed E-state index contributed by atoms with van der Waals surface area (Å²) in [5, 5.41) is 1.69. The van der Waals surface area contributed by atoms with Crippen LogP contribution in [0.2, 0.25) is 0 Å². The van der Waals surface area contributed by atoms with E-state index in [2.05, 4.69) is 20.4 Å². The van der Waals surface area contributed by atoms with Gasteiger partial charge in [-0.2, -0.15) is 0 Å². The van der Waals surface area contributed by atoms with Gasteiger partial charge in [-0.3, -0.25) is 10.0 Å². The van der Waals surface area contributed by atoms with Gasteiger partial charge in [-0.1, -0.05) is 6.07 Å². The zero-order valence-corrected chi connectivity index (χ0v) is 12.1. The van der Waals surface area contributed by atoms with Crippen molar-refractivity contribution in [1.82, 2.24) is 20.4 Å². The molecule has 1 aliphatic heterocycles. The summed E-state index contributed by atoms with van der Waals surface area (Å²) in [7, 11) is 0. The molecule has 23 heavy (non-hydrogen) atoms. The van der Waals surface area contributed by atoms with Crippen LogP contribution in [0.3, 0.4) is 0 Å². The predicted octanol–water partition coefficient (Wildman–Crippen LogP) is 2.03. The lowest BCUT2D eigenvalue weighted by molar-refractivity contribution is 0.319. The van der Waals surface area contributed by atoms with E-state index >= 15 is 0 Å². The molecule has 1 atom stereocenters. The number of aliphatic imine (C=N–C) groups is 1. The van der Waals surface area contributed by atoms with Gasteiger partial charge in [0.2, 0.25) is 0 Å². The summed E-state index contributed by atoms with van der Waals surface area (Å²) in [6, 6.07) is 3.39. The van der Waals surface area contributed by atoms with E-state index in [1.54, 1.807) is 11.3 Å². The molecule has 1 aromatic carbocycles. The lowest BCUT2D eigenvalue weighted by Gasteiger charge is -2.23. The van der Waals surface area contributed by atoms with Crippen molar-refractivity contribution >= 4 is 6.34 Å². The van der Waals surface area contributed by atoms with E-state index in [9.17, 15) is 13.2 Å². The molecule has 0 aliphatic carbocycles. The van der Waals surface area contributed by atoms with Crippen molar-refractivity contribution in [2.45, 2.75) is 12.3 Å². The van der Waals surface area contributed by atoms with E-state index in [0.29, 0.717) is 18.8 Å². The second-order valence-electron chi connectivity index (χ2n) is 5.15. The van der Waals surface area contributed by atoms with Crippen molar-refractivity contribution < 1.29 is 13.2 Å². The van der Waals surface area contributed by atoms with Crippen molar-refractivity contribution in [2.75, 3.05) is 13.2 Å². The molecule has 0 saturated carbocycles. The monoisotopic (exact) mass is 321 g/mol. The third-order valence-electron chi connectivity index (χ3n) is 3.59. The van der Waals surface area contributed by atoms with Gasteiger partial charge in [-0.15, -0.1) is 0 Å². The molecule has 120 valence electrons. The third-order valence-corrected chi connectivity index (χ3v) is 3.59. The van der Waals surface area contributed by atoms with Crippen LogP contribution in [0.15, 0.2) is 35.7 Å². The molecular weight excluding hydrogens is 307 g/mol. The fourth-order valence-electron chi connectivity index (χ4n) is 2.49. The number of halogens is 3. The normalized spacial score (nSPS) is 15.2. The van der Waals surface area contributed by atoms with Crippen molar-refractivity contribution in [3.63, 3.8) is 0 Å². The summed E-state index contributed by atoms with van der Waals surface area (Å²) < 4.78 is 41.1. The molecule has 0 amide bonds. The fraction of sp³-hybridized carbons (Fsp3) is 0.267. The second-order valence-corrected chi connectivity index (χ2v) is 5.15. The van der Waals surface area contributed by atoms with Crippen LogP contribution in [0.4, 0.5) is 13.2 Å². The highest BCUT2D eigenvalue weighted by atomic mass is 19.1. The Kier molecular flexibility index (Phi) is 4.52. The van der Waals surface area contributed by atoms with E-state index in [1.165, 1.54) is 18.5 Å². The summed E-state index contributed by atoms with van der Waals surface area (Å²) in [5.74, 6) is -2.31. The Bertz CT molecular complexity index is 722. The van der Waals surface area contributed by atoms with Gasteiger partial charge in [-0.05, 0) is 11.6 Å². The molecule has 1 aromatic heterocycles. The molecule has 2 aromatic rings. The number of hydrogen-bond acceptors (Lipinski definition) is 5. The van der Waals surface area contributed by atoms with Crippen LogP contribution in [0.5, 0.6) is 0 Å². The van der Waals surface area contributed by atoms with Crippen molar-refractivity contribution in [2.24, 2.45) is 4.99 Å². The minimum atomic E-state index is -0.666. The molecule has 2 heterocycles. The molecule has 0 bridgehead atoms. The number of benzene rings is 1. The van der Waals surface area contributed by atoms with E-state index in [-0.39, 0.29) is 12.1 Å². The van der Waals surface area contributed by atoms with Gasteiger partial charge in [0.15, 0.2) is 5.82 Å². The van der Waals surface area contributed by atoms with E-state index in [4.69, 9.17) is 0 Å². The summed E-state index contributed by atoms with van der Waals surface area (Å²) in [4.78, 5) is 11.5. The van der Waals surface area contributed by atoms with Gasteiger partial charge in [0.05, 0.1) is 11.9 Å². The molecular formula is C15H14F3N5. The van der Waals surface area contributed by atoms with Crippen LogP contribution in [0.25, 0.3) is 0 Å². The highest BCUT2D eigenvalue weighted by Gasteiger charge is 2.22. The maximum atomic E-state index is 14.1. The Morgan fingerprint density at radius 3 is 2.78 bits per heavy atom. The first-order valence-corrected chi connectivity index (χ1v) is 7.03. The van der Waals surface area contributed by atoms with Crippen LogP contribution in [0.1, 0.15) is 17.2 Å². The fourth-order valence-corrected chi connectivity index (χ4v) is 2.49. The summed E-state index contributed by atoms with van der Waals surface area (Å²) >= 11 is 0. The van der Waals surface area contributed by atoms with Gasteiger partial charge >= 0.3 is 0 Å². The summed E-state index contributed by atoms with van der Waals surface area (Å²) in [5.41, 5.74) is 3.46. The summed E-state index contributed by atoms with van der Waals surface area (Å²) in [6.45, 7) is 0.774. The number of hydrogen-bond donors (Lipinski definition) is 1. The molecule has 1 unspecified atom stereocenters. The third kappa shape index (κ3) is 3.65. The largest absolute Gasteiger partial charge is 0.296 e. The van der Waals surface area contributed by atoms with Crippen molar-refractivity contribution in [3.8, 4) is 0 Å². The number of nitrogens with zero attached hydrogens (tertiary/aromatic N) is 4. The molecule has 0 saturated heterocycles. The number of hydrazine groups is 1. The molecule has 5 nitrogen and oxygen atoms in total. The van der Waals surface area contributed by atoms with Crippen LogP contribution < -0.4 is 5.43 Å². The first kappa shape index (κ1) is 15.4. The average Bonchev–Trinajstić information content (AvgIpc) is 3.02. The maximum absolute atomic E-state index is 14.1. The molecule has 1 aliphatic rings. The highest BCUT2D eigenvalue weighted by molar-refractivity contribution is 5.56. The molecule has 3 rings (SSSR count). The first-order valence-electron chi connectivity index (χ1n) is 7.03. The van der Waals surface area contributed by atoms with E-state index < -0.39 is 23.4 Å². The first-order chi connectivity index (χ1) is 11.1. The molecule has 1 N–H and O–H groups in total. The topological polar surface area (TPSA) is 53.4 Å². The van der Waals surface area contributed by atoms with E-state index in [0.717, 1.165) is 12.3 Å². The maximum Gasteiger partial charge on any atom is 0.162 e. The molecule has 0 spiro atoms. The van der Waals surface area contributed by atoms with Crippen LogP contribution in [0, 0.1) is 17.5 Å². The van der Waals surface area contributed by atoms with E-state index in [1.807, 2.05) is 0 Å². The summed E-state index contributed by atoms with van der Waals surface area (Å²) in [6.07, 6.45) is 4.05. The number of aromatic nitrogens is 2. The zero-order chi connectivity index (χ0) is 16.2. The Morgan fingerprint density at radius 1 is 1.22 bits per heavy atom. The Morgan fingerprint density at radius 2 is 2.09 bits per heavy atom. The Hall–Kier alpha value is -2.48. The van der Waals surface area contributed by atoms with Gasteiger partial charge in [0.1, 0.15) is 31.0 Å². The van der Waals surface area contributed by atoms with Gasteiger partial charge in [0.25, 0.3) is 0 Å². The van der Waals surface area contributed by atoms with Crippen LogP contribution in [-0.4, -0.2) is 34.5 Å². The number of rotatable bonds is 5. The lowest BCUT2D eigenvalue weighted by Crippen LogP contribution is -2.36. The zero-order valence-electron chi connectivity index (χ0n) is 12.1. The smallest absolute Gasteiger partial charge is 0.162 e. The van der Waals surface area contributed by atoms with Crippen LogP contribution in [-0.2, 0) is 6.42 Å². The Labute approximate surface area is 130 Å². The lowest BCUT2D eigenvalue weighted by atomic mass is 9.93. The average molecular weight is 321 g/mol. The molecule has 0 fully saturated rings. The second kappa shape index (κ2) is 6.74. The predicted molar refractivity (Wildman–Crippen MR) is 78.0 cm³/mol. The SMILES string of the molecule is Fc1ccc(C(Cc2ncncc2F)CN2C=NCN2)c(F)c1. The standard InChI is InChI=1S/C15H14F3N5/c16-11-1-2-12(13(17)4-11)10(6-23-9-20-8-22-23)3-15-14(18)5-19-7-21-15/h1-2,4-5,7,9-10,22H,3,6,8H2. The van der Waals surface area contributed by atoms with Gasteiger partial charge in [-0.25, -0.2) is 28.6 Å². The number of nitrogens with one attached hydrogen (secondary N) is 1.